The lowest BCUT2D eigenvalue weighted by Crippen LogP contribution is -2.10. The number of aryl methyl sites for hydroxylation is 1. The van der Waals surface area contributed by atoms with Gasteiger partial charge in [-0.2, -0.15) is 8.42 Å². The third-order valence-electron chi connectivity index (χ3n) is 2.85. The van der Waals surface area contributed by atoms with Crippen LogP contribution in [-0.4, -0.2) is 23.0 Å². The Morgan fingerprint density at radius 1 is 1.24 bits per heavy atom. The minimum atomic E-state index is -4.06. The molecule has 0 aliphatic carbocycles. The Labute approximate surface area is 126 Å². The zero-order valence-corrected chi connectivity index (χ0v) is 12.5. The van der Waals surface area contributed by atoms with E-state index in [0.717, 1.165) is 5.39 Å². The molecule has 21 heavy (non-hydrogen) atoms. The van der Waals surface area contributed by atoms with Crippen LogP contribution >= 0.6 is 11.6 Å². The first kappa shape index (κ1) is 13.8. The second-order valence-corrected chi connectivity index (χ2v) is 6.16. The van der Waals surface area contributed by atoms with E-state index in [1.54, 1.807) is 25.4 Å². The first-order valence-electron chi connectivity index (χ1n) is 5.94. The Morgan fingerprint density at radius 3 is 2.71 bits per heavy atom. The Bertz CT molecular complexity index is 897. The highest BCUT2D eigenvalue weighted by Gasteiger charge is 2.22. The smallest absolute Gasteiger partial charge is 0.358 e. The van der Waals surface area contributed by atoms with Gasteiger partial charge in [0.15, 0.2) is 5.75 Å². The molecule has 0 N–H and O–H groups in total. The average Bonchev–Trinajstić information content (AvgIpc) is 2.80. The van der Waals surface area contributed by atoms with Gasteiger partial charge in [-0.3, -0.25) is 4.98 Å². The van der Waals surface area contributed by atoms with Crippen molar-refractivity contribution in [3.05, 3.63) is 48.0 Å². The summed E-state index contributed by atoms with van der Waals surface area (Å²) in [5, 5.41) is 0.598. The largest absolute Gasteiger partial charge is 0.375 e. The average molecular weight is 324 g/mol. The number of aromatic nitrogens is 3. The summed E-state index contributed by atoms with van der Waals surface area (Å²) in [4.78, 5) is 7.89. The molecule has 0 spiro atoms. The van der Waals surface area contributed by atoms with Crippen LogP contribution in [0.15, 0.2) is 47.8 Å². The summed E-state index contributed by atoms with van der Waals surface area (Å²) in [6, 6.07) is 8.63. The molecule has 3 rings (SSSR count). The van der Waals surface area contributed by atoms with E-state index in [-0.39, 0.29) is 16.1 Å². The molecule has 0 fully saturated rings. The van der Waals surface area contributed by atoms with E-state index in [9.17, 15) is 8.42 Å². The lowest BCUT2D eigenvalue weighted by atomic mass is 10.2. The summed E-state index contributed by atoms with van der Waals surface area (Å²) in [5.41, 5.74) is 0.464. The number of para-hydroxylation sites is 1. The van der Waals surface area contributed by atoms with Gasteiger partial charge in [0.1, 0.15) is 5.52 Å². The number of imidazole rings is 1. The number of nitrogens with zero attached hydrogens (tertiary/aromatic N) is 3. The topological polar surface area (TPSA) is 74.1 Å². The minimum Gasteiger partial charge on any atom is -0.375 e. The van der Waals surface area contributed by atoms with Crippen LogP contribution in [0.5, 0.6) is 5.75 Å². The van der Waals surface area contributed by atoms with Gasteiger partial charge in [0.2, 0.25) is 10.3 Å². The summed E-state index contributed by atoms with van der Waals surface area (Å²) in [7, 11) is -2.47. The molecule has 0 saturated carbocycles. The van der Waals surface area contributed by atoms with Gasteiger partial charge in [-0.25, -0.2) is 4.98 Å². The van der Waals surface area contributed by atoms with Gasteiger partial charge in [-0.05, 0) is 23.7 Å². The highest BCUT2D eigenvalue weighted by molar-refractivity contribution is 7.87. The minimum absolute atomic E-state index is 0.0632. The number of halogens is 1. The standard InChI is InChI=1S/C13H10ClN3O3S/c1-17-8-11(16-13(17)14)21(18,19)20-10-6-2-4-9-5-3-7-15-12(9)10/h2-8H,1H3. The molecule has 8 heteroatoms. The van der Waals surface area contributed by atoms with Gasteiger partial charge in [0.05, 0.1) is 0 Å². The van der Waals surface area contributed by atoms with Gasteiger partial charge in [0.25, 0.3) is 0 Å². The van der Waals surface area contributed by atoms with E-state index in [4.69, 9.17) is 15.8 Å². The predicted octanol–water partition coefficient (Wildman–Crippen LogP) is 2.39. The van der Waals surface area contributed by atoms with Crippen LogP contribution in [0.4, 0.5) is 0 Å². The SMILES string of the molecule is Cn1cc(S(=O)(=O)Oc2cccc3cccnc23)nc1Cl. The molecule has 108 valence electrons. The maximum absolute atomic E-state index is 12.2. The van der Waals surface area contributed by atoms with Crippen LogP contribution in [0.25, 0.3) is 10.9 Å². The maximum atomic E-state index is 12.2. The molecular weight excluding hydrogens is 314 g/mol. The van der Waals surface area contributed by atoms with Crippen molar-refractivity contribution in [2.24, 2.45) is 7.05 Å². The molecule has 0 aliphatic heterocycles. The van der Waals surface area contributed by atoms with Gasteiger partial charge >= 0.3 is 10.1 Å². The fourth-order valence-corrected chi connectivity index (χ4v) is 2.97. The van der Waals surface area contributed by atoms with Crippen molar-refractivity contribution < 1.29 is 12.6 Å². The number of benzene rings is 1. The maximum Gasteiger partial charge on any atom is 0.358 e. The molecule has 0 saturated heterocycles. The Morgan fingerprint density at radius 2 is 2.00 bits per heavy atom. The Balaban J connectivity index is 2.05. The van der Waals surface area contributed by atoms with Crippen LogP contribution in [-0.2, 0) is 17.2 Å². The molecule has 3 aromatic rings. The monoisotopic (exact) mass is 323 g/mol. The van der Waals surface area contributed by atoms with Crippen LogP contribution in [0.3, 0.4) is 0 Å². The van der Waals surface area contributed by atoms with Crippen molar-refractivity contribution in [1.29, 1.82) is 0 Å². The number of fused-ring (bicyclic) bond motifs is 1. The van der Waals surface area contributed by atoms with E-state index in [0.29, 0.717) is 5.52 Å². The Hall–Kier alpha value is -2.12. The summed E-state index contributed by atoms with van der Waals surface area (Å²) in [6.07, 6.45) is 2.86. The van der Waals surface area contributed by atoms with E-state index >= 15 is 0 Å². The molecular formula is C13H10ClN3O3S. The lowest BCUT2D eigenvalue weighted by molar-refractivity contribution is 0.485. The van der Waals surface area contributed by atoms with E-state index in [1.807, 2.05) is 12.1 Å². The fourth-order valence-electron chi connectivity index (χ4n) is 1.84. The molecule has 0 radical (unpaired) electrons. The third-order valence-corrected chi connectivity index (χ3v) is 4.31. The number of hydrogen-bond acceptors (Lipinski definition) is 5. The van der Waals surface area contributed by atoms with Crippen molar-refractivity contribution >= 4 is 32.6 Å². The highest BCUT2D eigenvalue weighted by atomic mass is 35.5. The van der Waals surface area contributed by atoms with Gasteiger partial charge in [-0.1, -0.05) is 18.2 Å². The lowest BCUT2D eigenvalue weighted by Gasteiger charge is -2.06. The molecule has 0 aliphatic rings. The van der Waals surface area contributed by atoms with Gasteiger partial charge in [0, 0.05) is 24.8 Å². The summed E-state index contributed by atoms with van der Waals surface area (Å²) in [6.45, 7) is 0. The summed E-state index contributed by atoms with van der Waals surface area (Å²) >= 11 is 5.75. The summed E-state index contributed by atoms with van der Waals surface area (Å²) in [5.74, 6) is 0.148. The first-order chi connectivity index (χ1) is 9.97. The predicted molar refractivity (Wildman–Crippen MR) is 77.8 cm³/mol. The van der Waals surface area contributed by atoms with Crippen LogP contribution in [0.1, 0.15) is 0 Å². The normalized spacial score (nSPS) is 11.7. The van der Waals surface area contributed by atoms with Crippen molar-refractivity contribution in [2.75, 3.05) is 0 Å². The molecule has 0 atom stereocenters. The van der Waals surface area contributed by atoms with Crippen LogP contribution in [0, 0.1) is 0 Å². The molecule has 2 aromatic heterocycles. The zero-order valence-electron chi connectivity index (χ0n) is 10.9. The molecule has 6 nitrogen and oxygen atoms in total. The molecule has 0 unspecified atom stereocenters. The van der Waals surface area contributed by atoms with Crippen LogP contribution in [0.2, 0.25) is 5.28 Å². The number of pyridine rings is 1. The molecule has 0 amide bonds. The number of rotatable bonds is 3. The van der Waals surface area contributed by atoms with Gasteiger partial charge < -0.3 is 8.75 Å². The quantitative estimate of drug-likeness (QED) is 0.692. The highest BCUT2D eigenvalue weighted by Crippen LogP contribution is 2.26. The van der Waals surface area contributed by atoms with Crippen molar-refractivity contribution in [3.63, 3.8) is 0 Å². The first-order valence-corrected chi connectivity index (χ1v) is 7.73. The van der Waals surface area contributed by atoms with Gasteiger partial charge in [-0.15, -0.1) is 0 Å². The van der Waals surface area contributed by atoms with Crippen molar-refractivity contribution in [2.45, 2.75) is 5.03 Å². The number of hydrogen-bond donors (Lipinski definition) is 0. The van der Waals surface area contributed by atoms with E-state index in [2.05, 4.69) is 9.97 Å². The Kier molecular flexibility index (Phi) is 3.30. The molecule has 2 heterocycles. The van der Waals surface area contributed by atoms with Crippen molar-refractivity contribution in [1.82, 2.24) is 14.5 Å². The summed E-state index contributed by atoms with van der Waals surface area (Å²) < 4.78 is 31.0. The van der Waals surface area contributed by atoms with E-state index in [1.165, 1.54) is 16.8 Å². The fraction of sp³-hybridized carbons (Fsp3) is 0.0769. The van der Waals surface area contributed by atoms with E-state index < -0.39 is 10.1 Å². The third kappa shape index (κ3) is 2.57. The molecule has 0 bridgehead atoms. The molecule has 1 aromatic carbocycles. The second kappa shape index (κ2) is 5.01. The second-order valence-electron chi connectivity index (χ2n) is 4.33. The van der Waals surface area contributed by atoms with Crippen LogP contribution < -0.4 is 4.18 Å². The zero-order chi connectivity index (χ0) is 15.0. The van der Waals surface area contributed by atoms with Crippen molar-refractivity contribution in [3.8, 4) is 5.75 Å².